The van der Waals surface area contributed by atoms with Crippen LogP contribution in [0.2, 0.25) is 0 Å². The minimum Gasteiger partial charge on any atom is -0.381 e. The molecule has 1 aliphatic carbocycles. The second-order valence-corrected chi connectivity index (χ2v) is 4.58. The van der Waals surface area contributed by atoms with Gasteiger partial charge in [0.1, 0.15) is 0 Å². The van der Waals surface area contributed by atoms with Crippen molar-refractivity contribution in [2.75, 3.05) is 26.3 Å². The summed E-state index contributed by atoms with van der Waals surface area (Å²) in [6.45, 7) is 3.95. The first-order valence-corrected chi connectivity index (χ1v) is 5.36. The lowest BCUT2D eigenvalue weighted by molar-refractivity contribution is 0.182. The third-order valence-corrected chi connectivity index (χ3v) is 3.28. The van der Waals surface area contributed by atoms with Gasteiger partial charge in [0.2, 0.25) is 0 Å². The molecule has 13 heavy (non-hydrogen) atoms. The first kappa shape index (κ1) is 9.44. The molecule has 1 heterocycles. The Hall–Kier alpha value is -0.120. The van der Waals surface area contributed by atoms with Crippen LogP contribution in [0.5, 0.6) is 0 Å². The third kappa shape index (κ3) is 2.42. The quantitative estimate of drug-likeness (QED) is 0.668. The van der Waals surface area contributed by atoms with E-state index in [-0.39, 0.29) is 5.54 Å². The number of ether oxygens (including phenoxy) is 1. The molecule has 2 fully saturated rings. The van der Waals surface area contributed by atoms with Crippen molar-refractivity contribution in [1.82, 2.24) is 5.32 Å². The van der Waals surface area contributed by atoms with Crippen LogP contribution in [0.1, 0.15) is 25.7 Å². The third-order valence-electron chi connectivity index (χ3n) is 3.28. The van der Waals surface area contributed by atoms with Crippen LogP contribution in [0.4, 0.5) is 0 Å². The van der Waals surface area contributed by atoms with Crippen LogP contribution in [0.25, 0.3) is 0 Å². The highest BCUT2D eigenvalue weighted by Crippen LogP contribution is 2.28. The predicted molar refractivity (Wildman–Crippen MR) is 52.6 cm³/mol. The SMILES string of the molecule is NC1(CNCC2CCOC2)CCC1. The topological polar surface area (TPSA) is 47.3 Å². The molecule has 1 saturated heterocycles. The fraction of sp³-hybridized carbons (Fsp3) is 1.00. The van der Waals surface area contributed by atoms with E-state index in [0.717, 1.165) is 32.2 Å². The summed E-state index contributed by atoms with van der Waals surface area (Å²) >= 11 is 0. The van der Waals surface area contributed by atoms with E-state index in [2.05, 4.69) is 5.32 Å². The van der Waals surface area contributed by atoms with Gasteiger partial charge < -0.3 is 15.8 Å². The highest BCUT2D eigenvalue weighted by molar-refractivity contribution is 4.94. The molecular formula is C10H20N2O. The zero-order valence-electron chi connectivity index (χ0n) is 8.22. The molecule has 1 saturated carbocycles. The maximum Gasteiger partial charge on any atom is 0.0507 e. The molecule has 0 aromatic heterocycles. The van der Waals surface area contributed by atoms with Gasteiger partial charge in [-0.1, -0.05) is 0 Å². The summed E-state index contributed by atoms with van der Waals surface area (Å²) in [4.78, 5) is 0. The number of rotatable bonds is 4. The lowest BCUT2D eigenvalue weighted by Gasteiger charge is -2.38. The van der Waals surface area contributed by atoms with Gasteiger partial charge in [-0.05, 0) is 31.6 Å². The standard InChI is InChI=1S/C10H20N2O/c11-10(3-1-4-10)8-12-6-9-2-5-13-7-9/h9,12H,1-8,11H2. The van der Waals surface area contributed by atoms with Gasteiger partial charge in [0, 0.05) is 25.2 Å². The van der Waals surface area contributed by atoms with Crippen molar-refractivity contribution in [3.63, 3.8) is 0 Å². The van der Waals surface area contributed by atoms with Crippen molar-refractivity contribution < 1.29 is 4.74 Å². The molecule has 2 aliphatic rings. The molecule has 3 N–H and O–H groups in total. The maximum absolute atomic E-state index is 6.09. The minimum absolute atomic E-state index is 0.124. The van der Waals surface area contributed by atoms with Crippen molar-refractivity contribution in [3.05, 3.63) is 0 Å². The molecule has 2 rings (SSSR count). The van der Waals surface area contributed by atoms with Crippen molar-refractivity contribution in [3.8, 4) is 0 Å². The van der Waals surface area contributed by atoms with Crippen LogP contribution in [0.3, 0.4) is 0 Å². The highest BCUT2D eigenvalue weighted by atomic mass is 16.5. The molecule has 0 spiro atoms. The summed E-state index contributed by atoms with van der Waals surface area (Å²) in [5.74, 6) is 0.726. The molecule has 3 heteroatoms. The molecule has 1 aliphatic heterocycles. The van der Waals surface area contributed by atoms with E-state index in [1.807, 2.05) is 0 Å². The molecule has 0 bridgehead atoms. The van der Waals surface area contributed by atoms with Crippen LogP contribution in [0.15, 0.2) is 0 Å². The Balaban J connectivity index is 1.57. The molecule has 0 aromatic carbocycles. The highest BCUT2D eigenvalue weighted by Gasteiger charge is 2.32. The second-order valence-electron chi connectivity index (χ2n) is 4.58. The molecule has 1 unspecified atom stereocenters. The monoisotopic (exact) mass is 184 g/mol. The van der Waals surface area contributed by atoms with Gasteiger partial charge in [-0.3, -0.25) is 0 Å². The van der Waals surface area contributed by atoms with E-state index >= 15 is 0 Å². The van der Waals surface area contributed by atoms with Gasteiger partial charge in [0.15, 0.2) is 0 Å². The van der Waals surface area contributed by atoms with Crippen LogP contribution in [-0.2, 0) is 4.74 Å². The lowest BCUT2D eigenvalue weighted by Crippen LogP contribution is -2.54. The van der Waals surface area contributed by atoms with E-state index in [4.69, 9.17) is 10.5 Å². The van der Waals surface area contributed by atoms with E-state index in [1.54, 1.807) is 0 Å². The summed E-state index contributed by atoms with van der Waals surface area (Å²) in [6.07, 6.45) is 4.91. The number of hydrogen-bond acceptors (Lipinski definition) is 3. The largest absolute Gasteiger partial charge is 0.381 e. The van der Waals surface area contributed by atoms with Crippen molar-refractivity contribution >= 4 is 0 Å². The summed E-state index contributed by atoms with van der Waals surface area (Å²) in [5, 5.41) is 3.46. The molecule has 3 nitrogen and oxygen atoms in total. The zero-order valence-corrected chi connectivity index (χ0v) is 8.22. The fourth-order valence-electron chi connectivity index (χ4n) is 2.08. The van der Waals surface area contributed by atoms with Crippen LogP contribution >= 0.6 is 0 Å². The predicted octanol–water partition coefficient (Wildman–Crippen LogP) is 0.494. The smallest absolute Gasteiger partial charge is 0.0507 e. The van der Waals surface area contributed by atoms with Gasteiger partial charge in [0.25, 0.3) is 0 Å². The van der Waals surface area contributed by atoms with E-state index in [9.17, 15) is 0 Å². The Bertz CT molecular complexity index is 162. The molecule has 0 aromatic rings. The van der Waals surface area contributed by atoms with Crippen molar-refractivity contribution in [2.45, 2.75) is 31.2 Å². The van der Waals surface area contributed by atoms with Crippen LogP contribution in [-0.4, -0.2) is 31.8 Å². The number of nitrogens with one attached hydrogen (secondary N) is 1. The normalized spacial score (nSPS) is 31.6. The van der Waals surface area contributed by atoms with E-state index in [0.29, 0.717) is 0 Å². The minimum atomic E-state index is 0.124. The van der Waals surface area contributed by atoms with Gasteiger partial charge in [0.05, 0.1) is 6.61 Å². The molecule has 1 atom stereocenters. The van der Waals surface area contributed by atoms with Gasteiger partial charge in [-0.25, -0.2) is 0 Å². The molecule has 0 amide bonds. The first-order valence-electron chi connectivity index (χ1n) is 5.36. The van der Waals surface area contributed by atoms with Crippen molar-refractivity contribution in [2.24, 2.45) is 11.7 Å². The van der Waals surface area contributed by atoms with Crippen molar-refractivity contribution in [1.29, 1.82) is 0 Å². The Morgan fingerprint density at radius 3 is 2.85 bits per heavy atom. The van der Waals surface area contributed by atoms with Crippen LogP contribution in [0, 0.1) is 5.92 Å². The second kappa shape index (κ2) is 3.95. The Morgan fingerprint density at radius 2 is 2.31 bits per heavy atom. The number of hydrogen-bond donors (Lipinski definition) is 2. The Labute approximate surface area is 80.0 Å². The molecule has 0 radical (unpaired) electrons. The summed E-state index contributed by atoms with van der Waals surface area (Å²) < 4.78 is 5.31. The Kier molecular flexibility index (Phi) is 2.86. The lowest BCUT2D eigenvalue weighted by atomic mass is 9.78. The van der Waals surface area contributed by atoms with E-state index < -0.39 is 0 Å². The van der Waals surface area contributed by atoms with Gasteiger partial charge in [-0.15, -0.1) is 0 Å². The van der Waals surface area contributed by atoms with Gasteiger partial charge >= 0.3 is 0 Å². The molecule has 76 valence electrons. The summed E-state index contributed by atoms with van der Waals surface area (Å²) in [6, 6.07) is 0. The summed E-state index contributed by atoms with van der Waals surface area (Å²) in [7, 11) is 0. The average Bonchev–Trinajstić information content (AvgIpc) is 2.54. The zero-order chi connectivity index (χ0) is 9.15. The average molecular weight is 184 g/mol. The molecular weight excluding hydrogens is 164 g/mol. The van der Waals surface area contributed by atoms with Gasteiger partial charge in [-0.2, -0.15) is 0 Å². The first-order chi connectivity index (χ1) is 6.29. The summed E-state index contributed by atoms with van der Waals surface area (Å²) in [5.41, 5.74) is 6.22. The van der Waals surface area contributed by atoms with E-state index in [1.165, 1.54) is 25.7 Å². The van der Waals surface area contributed by atoms with Crippen LogP contribution < -0.4 is 11.1 Å². The Morgan fingerprint density at radius 1 is 1.46 bits per heavy atom. The maximum atomic E-state index is 6.09. The fourth-order valence-corrected chi connectivity index (χ4v) is 2.08. The number of nitrogens with two attached hydrogens (primary N) is 1.